The topological polar surface area (TPSA) is 84.3 Å². The number of carbonyl (C=O) groups is 1. The van der Waals surface area contributed by atoms with Crippen LogP contribution in [0.4, 0.5) is 15.8 Å². The van der Waals surface area contributed by atoms with Crippen molar-refractivity contribution in [2.45, 2.75) is 26.8 Å². The Hall–Kier alpha value is -3.24. The summed E-state index contributed by atoms with van der Waals surface area (Å²) in [5.41, 5.74) is 2.78. The lowest BCUT2D eigenvalue weighted by molar-refractivity contribution is 0.102. The molecule has 35 heavy (non-hydrogen) atoms. The predicted octanol–water partition coefficient (Wildman–Crippen LogP) is 4.41. The van der Waals surface area contributed by atoms with Crippen LogP contribution in [0.3, 0.4) is 0 Å². The van der Waals surface area contributed by atoms with E-state index in [1.165, 1.54) is 17.4 Å². The number of ether oxygens (including phenoxy) is 1. The lowest BCUT2D eigenvalue weighted by Gasteiger charge is -2.41. The molecule has 0 radical (unpaired) electrons. The lowest BCUT2D eigenvalue weighted by atomic mass is 9.85. The van der Waals surface area contributed by atoms with Crippen LogP contribution in [0.1, 0.15) is 31.1 Å². The molecule has 3 heterocycles. The highest BCUT2D eigenvalue weighted by atomic mass is 32.1. The second-order valence-electron chi connectivity index (χ2n) is 9.97. The Morgan fingerprint density at radius 1 is 1.29 bits per heavy atom. The van der Waals surface area contributed by atoms with E-state index < -0.39 is 5.82 Å². The van der Waals surface area contributed by atoms with Crippen molar-refractivity contribution in [3.63, 3.8) is 0 Å². The van der Waals surface area contributed by atoms with Crippen molar-refractivity contribution in [1.82, 2.24) is 20.1 Å². The Bertz CT molecular complexity index is 1420. The molecule has 2 aromatic heterocycles. The number of aryl methyl sites for hydroxylation is 1. The molecule has 1 aliphatic heterocycles. The van der Waals surface area contributed by atoms with Crippen LogP contribution in [0.2, 0.25) is 0 Å². The van der Waals surface area contributed by atoms with Gasteiger partial charge in [-0.05, 0) is 29.7 Å². The fourth-order valence-corrected chi connectivity index (χ4v) is 5.47. The smallest absolute Gasteiger partial charge is 0.274 e. The largest absolute Gasteiger partial charge is 0.473 e. The molecule has 184 valence electrons. The van der Waals surface area contributed by atoms with Crippen LogP contribution in [-0.4, -0.2) is 53.5 Å². The predicted molar refractivity (Wildman–Crippen MR) is 138 cm³/mol. The van der Waals surface area contributed by atoms with E-state index in [0.717, 1.165) is 30.0 Å². The first-order valence-corrected chi connectivity index (χ1v) is 12.4. The number of carbonyl (C=O) groups excluding carboxylic acids is 1. The molecular weight excluding hydrogens is 467 g/mol. The number of benzene rings is 2. The molecule has 0 bridgehead atoms. The highest BCUT2D eigenvalue weighted by molar-refractivity contribution is 7.21. The van der Waals surface area contributed by atoms with Gasteiger partial charge in [0.2, 0.25) is 0 Å². The van der Waals surface area contributed by atoms with Crippen molar-refractivity contribution >= 4 is 49.7 Å². The van der Waals surface area contributed by atoms with Crippen LogP contribution < -0.4 is 20.3 Å². The van der Waals surface area contributed by atoms with Crippen LogP contribution >= 0.6 is 11.3 Å². The van der Waals surface area contributed by atoms with Crippen molar-refractivity contribution in [3.05, 3.63) is 41.8 Å². The summed E-state index contributed by atoms with van der Waals surface area (Å²) in [6.07, 6.45) is 1.71. The van der Waals surface area contributed by atoms with Crippen LogP contribution in [0, 0.1) is 11.2 Å². The molecule has 5 rings (SSSR count). The number of nitrogens with one attached hydrogen (secondary N) is 2. The van der Waals surface area contributed by atoms with E-state index in [1.807, 2.05) is 6.07 Å². The molecule has 1 fully saturated rings. The minimum Gasteiger partial charge on any atom is -0.473 e. The van der Waals surface area contributed by atoms with Crippen LogP contribution in [0.25, 0.3) is 21.1 Å². The highest BCUT2D eigenvalue weighted by Crippen LogP contribution is 2.38. The second kappa shape index (κ2) is 8.76. The summed E-state index contributed by atoms with van der Waals surface area (Å²) in [4.78, 5) is 20.2. The van der Waals surface area contributed by atoms with Gasteiger partial charge >= 0.3 is 0 Å². The fraction of sp³-hybridized carbons (Fsp3) is 0.400. The fourth-order valence-electron chi connectivity index (χ4n) is 4.52. The lowest BCUT2D eigenvalue weighted by Crippen LogP contribution is -2.56. The van der Waals surface area contributed by atoms with Gasteiger partial charge in [-0.25, -0.2) is 9.37 Å². The SMILES string of the molecule is COc1nc2c(C(=O)Nc3cc(F)c4nn(C)cc4c3)ccc(N3CCN[C@@H](C(C)(C)C)C3)c2s1. The normalized spacial score (nSPS) is 16.7. The molecule has 4 aromatic rings. The zero-order valence-electron chi connectivity index (χ0n) is 20.5. The maximum atomic E-state index is 14.5. The number of halogens is 1. The average Bonchev–Trinajstić information content (AvgIpc) is 3.41. The van der Waals surface area contributed by atoms with Gasteiger partial charge in [-0.15, -0.1) is 0 Å². The van der Waals surface area contributed by atoms with Gasteiger partial charge in [0.05, 0.1) is 23.1 Å². The molecule has 10 heteroatoms. The van der Waals surface area contributed by atoms with Gasteiger partial charge in [-0.1, -0.05) is 32.1 Å². The molecule has 0 spiro atoms. The summed E-state index contributed by atoms with van der Waals surface area (Å²) in [5, 5.41) is 11.7. The first-order valence-electron chi connectivity index (χ1n) is 11.5. The van der Waals surface area contributed by atoms with Crippen LogP contribution in [0.15, 0.2) is 30.5 Å². The number of nitrogens with zero attached hydrogens (tertiary/aromatic N) is 4. The third-order valence-electron chi connectivity index (χ3n) is 6.42. The van der Waals surface area contributed by atoms with Crippen molar-refractivity contribution in [3.8, 4) is 5.19 Å². The molecule has 8 nitrogen and oxygen atoms in total. The van der Waals surface area contributed by atoms with E-state index in [0.29, 0.717) is 33.4 Å². The molecule has 2 aromatic carbocycles. The monoisotopic (exact) mass is 496 g/mol. The first kappa shape index (κ1) is 23.5. The molecule has 1 saturated heterocycles. The van der Waals surface area contributed by atoms with Crippen molar-refractivity contribution in [1.29, 1.82) is 0 Å². The molecule has 0 saturated carbocycles. The van der Waals surface area contributed by atoms with Gasteiger partial charge in [-0.3, -0.25) is 9.48 Å². The van der Waals surface area contributed by atoms with E-state index >= 15 is 0 Å². The molecular formula is C25H29FN6O2S. The highest BCUT2D eigenvalue weighted by Gasteiger charge is 2.31. The third kappa shape index (κ3) is 4.43. The van der Waals surface area contributed by atoms with E-state index in [9.17, 15) is 9.18 Å². The molecule has 1 atom stereocenters. The molecule has 1 amide bonds. The quantitative estimate of drug-likeness (QED) is 0.436. The minimum absolute atomic E-state index is 0.119. The molecule has 2 N–H and O–H groups in total. The van der Waals surface area contributed by atoms with Gasteiger partial charge in [-0.2, -0.15) is 5.10 Å². The van der Waals surface area contributed by atoms with Crippen LogP contribution in [0.5, 0.6) is 5.19 Å². The first-order chi connectivity index (χ1) is 16.6. The number of methoxy groups -OCH3 is 1. The second-order valence-corrected chi connectivity index (χ2v) is 10.9. The van der Waals surface area contributed by atoms with Gasteiger partial charge in [0.15, 0.2) is 5.82 Å². The van der Waals surface area contributed by atoms with E-state index in [-0.39, 0.29) is 16.8 Å². The van der Waals surface area contributed by atoms with Crippen molar-refractivity contribution in [2.75, 3.05) is 37.0 Å². The van der Waals surface area contributed by atoms with Gasteiger partial charge in [0.1, 0.15) is 11.0 Å². The number of rotatable bonds is 4. The minimum atomic E-state index is -0.485. The number of fused-ring (bicyclic) bond motifs is 2. The Balaban J connectivity index is 1.49. The van der Waals surface area contributed by atoms with E-state index in [4.69, 9.17) is 4.74 Å². The van der Waals surface area contributed by atoms with E-state index in [2.05, 4.69) is 46.4 Å². The standard InChI is InChI=1S/C25H29FN6O2S/c1-25(2,3)19-13-32(9-8-27-19)18-7-6-16(21-22(18)35-24(29-21)34-5)23(33)28-15-10-14-12-31(4)30-20(14)17(26)11-15/h6-7,10-12,19,27H,8-9,13H2,1-5H3,(H,28,33)/t19-/m1/s1. The maximum Gasteiger partial charge on any atom is 0.274 e. The molecule has 1 aliphatic rings. The summed E-state index contributed by atoms with van der Waals surface area (Å²) in [6.45, 7) is 9.30. The number of hydrogen-bond acceptors (Lipinski definition) is 7. The number of anilines is 2. The number of hydrogen-bond donors (Lipinski definition) is 2. The number of piperazine rings is 1. The molecule has 0 unspecified atom stereocenters. The summed E-state index contributed by atoms with van der Waals surface area (Å²) < 4.78 is 22.4. The zero-order valence-corrected chi connectivity index (χ0v) is 21.3. The third-order valence-corrected chi connectivity index (χ3v) is 7.46. The van der Waals surface area contributed by atoms with Gasteiger partial charge < -0.3 is 20.3 Å². The van der Waals surface area contributed by atoms with Crippen LogP contribution in [-0.2, 0) is 7.05 Å². The number of aromatic nitrogens is 3. The Kier molecular flexibility index (Phi) is 5.88. The van der Waals surface area contributed by atoms with E-state index in [1.54, 1.807) is 37.2 Å². The summed E-state index contributed by atoms with van der Waals surface area (Å²) in [6, 6.07) is 7.10. The Labute approximate surface area is 207 Å². The Morgan fingerprint density at radius 2 is 2.09 bits per heavy atom. The van der Waals surface area contributed by atoms with Gasteiger partial charge in [0.25, 0.3) is 11.1 Å². The number of amides is 1. The van der Waals surface area contributed by atoms with Crippen molar-refractivity contribution < 1.29 is 13.9 Å². The summed E-state index contributed by atoms with van der Waals surface area (Å²) in [5.74, 6) is -0.841. The van der Waals surface area contributed by atoms with Crippen molar-refractivity contribution in [2.24, 2.45) is 12.5 Å². The Morgan fingerprint density at radius 3 is 2.83 bits per heavy atom. The summed E-state index contributed by atoms with van der Waals surface area (Å²) in [7, 11) is 3.30. The maximum absolute atomic E-state index is 14.5. The van der Waals surface area contributed by atoms with Gasteiger partial charge in [0, 0.05) is 50.0 Å². The summed E-state index contributed by atoms with van der Waals surface area (Å²) >= 11 is 1.42. The molecule has 0 aliphatic carbocycles. The zero-order chi connectivity index (χ0) is 24.9. The average molecular weight is 497 g/mol. The number of thiazole rings is 1.